The Morgan fingerprint density at radius 2 is 1.91 bits per heavy atom. The normalized spacial score (nSPS) is 15.4. The smallest absolute Gasteiger partial charge is 0.222 e. The lowest BCUT2D eigenvalue weighted by molar-refractivity contribution is -0.132. The highest BCUT2D eigenvalue weighted by molar-refractivity contribution is 5.85. The summed E-state index contributed by atoms with van der Waals surface area (Å²) >= 11 is 0. The van der Waals surface area contributed by atoms with Gasteiger partial charge in [-0.1, -0.05) is 37.3 Å². The van der Waals surface area contributed by atoms with Gasteiger partial charge in [0.2, 0.25) is 5.91 Å². The van der Waals surface area contributed by atoms with Crippen LogP contribution in [0.2, 0.25) is 0 Å². The van der Waals surface area contributed by atoms with Crippen molar-refractivity contribution in [3.05, 3.63) is 35.9 Å². The van der Waals surface area contributed by atoms with Crippen LogP contribution in [0.4, 0.5) is 0 Å². The van der Waals surface area contributed by atoms with Crippen LogP contribution >= 0.6 is 12.4 Å². The van der Waals surface area contributed by atoms with Gasteiger partial charge in [-0.15, -0.1) is 12.4 Å². The van der Waals surface area contributed by atoms with Crippen molar-refractivity contribution in [2.24, 2.45) is 5.92 Å². The van der Waals surface area contributed by atoms with E-state index < -0.39 is 0 Å². The molecular formula is C18H29ClN2O. The second-order valence-electron chi connectivity index (χ2n) is 5.97. The number of halogens is 1. The summed E-state index contributed by atoms with van der Waals surface area (Å²) in [6.07, 6.45) is 4.95. The molecule has 0 aromatic heterocycles. The number of hydrogen-bond donors (Lipinski definition) is 1. The van der Waals surface area contributed by atoms with Gasteiger partial charge in [0.05, 0.1) is 0 Å². The lowest BCUT2D eigenvalue weighted by atomic mass is 9.96. The van der Waals surface area contributed by atoms with Crippen molar-refractivity contribution in [2.45, 2.75) is 39.0 Å². The van der Waals surface area contributed by atoms with E-state index in [2.05, 4.69) is 41.4 Å². The Balaban J connectivity index is 0.00000242. The third-order valence-electron chi connectivity index (χ3n) is 4.35. The van der Waals surface area contributed by atoms with Crippen molar-refractivity contribution in [2.75, 3.05) is 26.2 Å². The van der Waals surface area contributed by atoms with E-state index in [1.807, 2.05) is 6.07 Å². The first kappa shape index (κ1) is 19.0. The fourth-order valence-corrected chi connectivity index (χ4v) is 2.98. The number of likely N-dealkylation sites (tertiary alicyclic amines) is 1. The minimum absolute atomic E-state index is 0. The average molecular weight is 325 g/mol. The summed E-state index contributed by atoms with van der Waals surface area (Å²) < 4.78 is 0. The van der Waals surface area contributed by atoms with Gasteiger partial charge in [0, 0.05) is 19.5 Å². The molecule has 1 heterocycles. The topological polar surface area (TPSA) is 32.3 Å². The Hall–Kier alpha value is -1.06. The quantitative estimate of drug-likeness (QED) is 0.834. The van der Waals surface area contributed by atoms with Crippen molar-refractivity contribution in [3.63, 3.8) is 0 Å². The van der Waals surface area contributed by atoms with E-state index in [0.29, 0.717) is 12.3 Å². The van der Waals surface area contributed by atoms with Gasteiger partial charge < -0.3 is 10.2 Å². The number of amides is 1. The van der Waals surface area contributed by atoms with Crippen LogP contribution in [0.1, 0.15) is 38.2 Å². The van der Waals surface area contributed by atoms with Crippen LogP contribution in [0.3, 0.4) is 0 Å². The van der Waals surface area contributed by atoms with E-state index in [-0.39, 0.29) is 12.4 Å². The zero-order valence-corrected chi connectivity index (χ0v) is 14.4. The second-order valence-corrected chi connectivity index (χ2v) is 5.97. The van der Waals surface area contributed by atoms with Crippen LogP contribution in [-0.4, -0.2) is 37.0 Å². The van der Waals surface area contributed by atoms with Crippen molar-refractivity contribution in [1.82, 2.24) is 10.2 Å². The molecule has 0 radical (unpaired) electrons. The van der Waals surface area contributed by atoms with Crippen molar-refractivity contribution in [3.8, 4) is 0 Å². The van der Waals surface area contributed by atoms with Gasteiger partial charge in [-0.25, -0.2) is 0 Å². The minimum atomic E-state index is 0. The Bertz CT molecular complexity index is 416. The zero-order valence-electron chi connectivity index (χ0n) is 13.6. The van der Waals surface area contributed by atoms with Crippen LogP contribution in [0.5, 0.6) is 0 Å². The molecule has 1 aliphatic rings. The molecular weight excluding hydrogens is 296 g/mol. The highest BCUT2D eigenvalue weighted by atomic mass is 35.5. The molecule has 0 unspecified atom stereocenters. The molecule has 1 aromatic carbocycles. The third-order valence-corrected chi connectivity index (χ3v) is 4.35. The largest absolute Gasteiger partial charge is 0.343 e. The van der Waals surface area contributed by atoms with Gasteiger partial charge in [0.25, 0.3) is 0 Å². The molecule has 2 rings (SSSR count). The number of rotatable bonds is 7. The maximum Gasteiger partial charge on any atom is 0.222 e. The number of hydrogen-bond acceptors (Lipinski definition) is 2. The highest BCUT2D eigenvalue weighted by Crippen LogP contribution is 2.17. The van der Waals surface area contributed by atoms with Crippen molar-refractivity contribution >= 4 is 18.3 Å². The first-order valence-corrected chi connectivity index (χ1v) is 8.32. The van der Waals surface area contributed by atoms with Gasteiger partial charge in [-0.05, 0) is 50.3 Å². The molecule has 1 N–H and O–H groups in total. The number of nitrogens with zero attached hydrogens (tertiary/aromatic N) is 1. The number of piperidine rings is 1. The van der Waals surface area contributed by atoms with E-state index in [0.717, 1.165) is 57.8 Å². The Morgan fingerprint density at radius 3 is 2.55 bits per heavy atom. The molecule has 3 nitrogen and oxygen atoms in total. The van der Waals surface area contributed by atoms with Gasteiger partial charge in [-0.3, -0.25) is 4.79 Å². The molecule has 1 aliphatic heterocycles. The summed E-state index contributed by atoms with van der Waals surface area (Å²) in [7, 11) is 0. The van der Waals surface area contributed by atoms with Crippen LogP contribution in [0.15, 0.2) is 30.3 Å². The summed E-state index contributed by atoms with van der Waals surface area (Å²) in [5.74, 6) is 1.09. The average Bonchev–Trinajstić information content (AvgIpc) is 2.54. The summed E-state index contributed by atoms with van der Waals surface area (Å²) in [5.41, 5.74) is 1.33. The number of benzene rings is 1. The third kappa shape index (κ3) is 6.37. The maximum atomic E-state index is 12.2. The Kier molecular flexibility index (Phi) is 9.17. The Labute approximate surface area is 140 Å². The van der Waals surface area contributed by atoms with Gasteiger partial charge in [0.1, 0.15) is 0 Å². The van der Waals surface area contributed by atoms with Crippen LogP contribution in [-0.2, 0) is 11.2 Å². The van der Waals surface area contributed by atoms with E-state index >= 15 is 0 Å². The second kappa shape index (κ2) is 10.6. The number of aryl methyl sites for hydroxylation is 1. The number of carbonyl (C=O) groups excluding carboxylic acids is 1. The molecule has 4 heteroatoms. The van der Waals surface area contributed by atoms with E-state index in [4.69, 9.17) is 0 Å². The van der Waals surface area contributed by atoms with Crippen molar-refractivity contribution in [1.29, 1.82) is 0 Å². The summed E-state index contributed by atoms with van der Waals surface area (Å²) in [6, 6.07) is 10.4. The fourth-order valence-electron chi connectivity index (χ4n) is 2.98. The molecule has 1 fully saturated rings. The molecule has 1 aromatic rings. The monoisotopic (exact) mass is 324 g/mol. The number of carbonyl (C=O) groups is 1. The molecule has 22 heavy (non-hydrogen) atoms. The SMILES string of the molecule is CCNCC1CCN(C(=O)CCCc2ccccc2)CC1.Cl. The van der Waals surface area contributed by atoms with E-state index in [1.165, 1.54) is 5.56 Å². The first-order chi connectivity index (χ1) is 10.3. The van der Waals surface area contributed by atoms with E-state index in [9.17, 15) is 4.79 Å². The molecule has 0 atom stereocenters. The molecule has 0 bridgehead atoms. The van der Waals surface area contributed by atoms with Crippen LogP contribution in [0, 0.1) is 5.92 Å². The fraction of sp³-hybridized carbons (Fsp3) is 0.611. The lowest BCUT2D eigenvalue weighted by Crippen LogP contribution is -2.40. The summed E-state index contributed by atoms with van der Waals surface area (Å²) in [5, 5.41) is 3.41. The Morgan fingerprint density at radius 1 is 1.23 bits per heavy atom. The van der Waals surface area contributed by atoms with Gasteiger partial charge in [-0.2, -0.15) is 0 Å². The summed E-state index contributed by atoms with van der Waals surface area (Å²) in [4.78, 5) is 14.3. The standard InChI is InChI=1S/C18H28N2O.ClH/c1-2-19-15-17-11-13-20(14-12-17)18(21)10-6-9-16-7-4-3-5-8-16;/h3-5,7-8,17,19H,2,6,9-15H2,1H3;1H. The lowest BCUT2D eigenvalue weighted by Gasteiger charge is -2.32. The van der Waals surface area contributed by atoms with Crippen LogP contribution < -0.4 is 5.32 Å². The summed E-state index contributed by atoms with van der Waals surface area (Å²) in [6.45, 7) is 6.18. The molecule has 0 saturated carbocycles. The van der Waals surface area contributed by atoms with Crippen molar-refractivity contribution < 1.29 is 4.79 Å². The highest BCUT2D eigenvalue weighted by Gasteiger charge is 2.21. The number of nitrogens with one attached hydrogen (secondary N) is 1. The molecule has 1 saturated heterocycles. The molecule has 124 valence electrons. The molecule has 1 amide bonds. The zero-order chi connectivity index (χ0) is 14.9. The van der Waals surface area contributed by atoms with Gasteiger partial charge >= 0.3 is 0 Å². The predicted molar refractivity (Wildman–Crippen MR) is 94.5 cm³/mol. The minimum Gasteiger partial charge on any atom is -0.343 e. The maximum absolute atomic E-state index is 12.2. The molecule has 0 spiro atoms. The van der Waals surface area contributed by atoms with E-state index in [1.54, 1.807) is 0 Å². The molecule has 0 aliphatic carbocycles. The van der Waals surface area contributed by atoms with Gasteiger partial charge in [0.15, 0.2) is 0 Å². The van der Waals surface area contributed by atoms with Crippen LogP contribution in [0.25, 0.3) is 0 Å². The first-order valence-electron chi connectivity index (χ1n) is 8.32. The predicted octanol–water partition coefficient (Wildman–Crippen LogP) is 3.28.